The summed E-state index contributed by atoms with van der Waals surface area (Å²) >= 11 is 0. The third kappa shape index (κ3) is 3.14. The minimum absolute atomic E-state index is 0.212. The Hall–Kier alpha value is -0.160. The number of likely N-dealkylation sites (N-methyl/N-ethyl adjacent to an activating group) is 1. The monoisotopic (exact) mass is 215 g/mol. The van der Waals surface area contributed by atoms with Crippen LogP contribution in [-0.4, -0.2) is 52.2 Å². The molecule has 3 unspecified atom stereocenters. The summed E-state index contributed by atoms with van der Waals surface area (Å²) < 4.78 is 16.7. The van der Waals surface area contributed by atoms with Gasteiger partial charge >= 0.3 is 0 Å². The fourth-order valence-electron chi connectivity index (χ4n) is 2.18. The molecular formula is C11H21NO3. The van der Waals surface area contributed by atoms with E-state index in [2.05, 4.69) is 5.32 Å². The summed E-state index contributed by atoms with van der Waals surface area (Å²) in [5.41, 5.74) is 0. The van der Waals surface area contributed by atoms with Gasteiger partial charge in [0.05, 0.1) is 25.9 Å². The first-order valence-corrected chi connectivity index (χ1v) is 5.84. The van der Waals surface area contributed by atoms with Crippen molar-refractivity contribution in [3.63, 3.8) is 0 Å². The van der Waals surface area contributed by atoms with Crippen molar-refractivity contribution < 1.29 is 14.2 Å². The maximum absolute atomic E-state index is 5.90. The average molecular weight is 215 g/mol. The molecule has 0 bridgehead atoms. The molecule has 4 heteroatoms. The normalized spacial score (nSPS) is 37.0. The van der Waals surface area contributed by atoms with Gasteiger partial charge in [0.2, 0.25) is 0 Å². The number of hydrogen-bond donors (Lipinski definition) is 1. The molecule has 2 saturated heterocycles. The second kappa shape index (κ2) is 5.80. The van der Waals surface area contributed by atoms with Crippen LogP contribution in [0.2, 0.25) is 0 Å². The molecule has 0 aromatic rings. The highest BCUT2D eigenvalue weighted by atomic mass is 16.5. The van der Waals surface area contributed by atoms with Crippen LogP contribution >= 0.6 is 0 Å². The second-order valence-corrected chi connectivity index (χ2v) is 4.36. The molecule has 2 heterocycles. The Balaban J connectivity index is 1.71. The molecule has 2 fully saturated rings. The lowest BCUT2D eigenvalue weighted by Gasteiger charge is -2.31. The first-order chi connectivity index (χ1) is 7.40. The van der Waals surface area contributed by atoms with Crippen LogP contribution in [-0.2, 0) is 14.2 Å². The molecule has 0 amide bonds. The fraction of sp³-hybridized carbons (Fsp3) is 1.00. The lowest BCUT2D eigenvalue weighted by Crippen LogP contribution is -2.47. The van der Waals surface area contributed by atoms with Crippen molar-refractivity contribution in [1.29, 1.82) is 0 Å². The zero-order valence-corrected chi connectivity index (χ0v) is 9.41. The molecular weight excluding hydrogens is 194 g/mol. The van der Waals surface area contributed by atoms with Crippen molar-refractivity contribution in [2.75, 3.05) is 40.1 Å². The van der Waals surface area contributed by atoms with Gasteiger partial charge in [-0.3, -0.25) is 0 Å². The number of rotatable bonds is 4. The maximum atomic E-state index is 5.90. The van der Waals surface area contributed by atoms with E-state index in [9.17, 15) is 0 Å². The predicted octanol–water partition coefficient (Wildman–Crippen LogP) is 0.416. The maximum Gasteiger partial charge on any atom is 0.0961 e. The highest BCUT2D eigenvalue weighted by Crippen LogP contribution is 2.16. The molecule has 0 aliphatic carbocycles. The third-order valence-electron chi connectivity index (χ3n) is 3.24. The first-order valence-electron chi connectivity index (χ1n) is 5.84. The van der Waals surface area contributed by atoms with Crippen molar-refractivity contribution in [2.45, 2.75) is 25.0 Å². The van der Waals surface area contributed by atoms with Gasteiger partial charge in [-0.05, 0) is 19.9 Å². The van der Waals surface area contributed by atoms with Crippen molar-refractivity contribution in [3.8, 4) is 0 Å². The van der Waals surface area contributed by atoms with Crippen LogP contribution in [0.4, 0.5) is 0 Å². The molecule has 1 N–H and O–H groups in total. The van der Waals surface area contributed by atoms with Crippen LogP contribution in [0.3, 0.4) is 0 Å². The van der Waals surface area contributed by atoms with Crippen LogP contribution in [0.5, 0.6) is 0 Å². The van der Waals surface area contributed by atoms with Crippen LogP contribution < -0.4 is 5.32 Å². The molecule has 2 aliphatic rings. The Morgan fingerprint density at radius 3 is 2.73 bits per heavy atom. The van der Waals surface area contributed by atoms with E-state index in [4.69, 9.17) is 14.2 Å². The van der Waals surface area contributed by atoms with Gasteiger partial charge in [0, 0.05) is 25.2 Å². The van der Waals surface area contributed by atoms with Crippen LogP contribution in [0.15, 0.2) is 0 Å². The fourth-order valence-corrected chi connectivity index (χ4v) is 2.18. The van der Waals surface area contributed by atoms with Crippen molar-refractivity contribution in [1.82, 2.24) is 5.32 Å². The van der Waals surface area contributed by atoms with Gasteiger partial charge in [-0.2, -0.15) is 0 Å². The SMILES string of the molecule is CNC1CCOCC1OCC1CCOC1. The van der Waals surface area contributed by atoms with E-state index >= 15 is 0 Å². The topological polar surface area (TPSA) is 39.7 Å². The quantitative estimate of drug-likeness (QED) is 0.737. The summed E-state index contributed by atoms with van der Waals surface area (Å²) in [6, 6.07) is 0.445. The average Bonchev–Trinajstić information content (AvgIpc) is 2.79. The van der Waals surface area contributed by atoms with E-state index in [1.54, 1.807) is 0 Å². The van der Waals surface area contributed by atoms with E-state index in [-0.39, 0.29) is 6.10 Å². The van der Waals surface area contributed by atoms with E-state index in [0.717, 1.165) is 45.9 Å². The Labute approximate surface area is 91.3 Å². The Morgan fingerprint density at radius 2 is 2.00 bits per heavy atom. The van der Waals surface area contributed by atoms with E-state index in [1.807, 2.05) is 7.05 Å². The minimum Gasteiger partial charge on any atom is -0.381 e. The summed E-state index contributed by atoms with van der Waals surface area (Å²) in [4.78, 5) is 0. The number of hydrogen-bond acceptors (Lipinski definition) is 4. The van der Waals surface area contributed by atoms with Crippen molar-refractivity contribution in [3.05, 3.63) is 0 Å². The first kappa shape index (κ1) is 11.3. The molecule has 3 atom stereocenters. The second-order valence-electron chi connectivity index (χ2n) is 4.36. The number of ether oxygens (including phenoxy) is 3. The van der Waals surface area contributed by atoms with Gasteiger partial charge in [-0.1, -0.05) is 0 Å². The Bertz CT molecular complexity index is 183. The molecule has 0 aromatic heterocycles. The Kier molecular flexibility index (Phi) is 4.38. The summed E-state index contributed by atoms with van der Waals surface area (Å²) in [5, 5.41) is 3.29. The molecule has 0 spiro atoms. The highest BCUT2D eigenvalue weighted by Gasteiger charge is 2.26. The molecule has 15 heavy (non-hydrogen) atoms. The van der Waals surface area contributed by atoms with E-state index in [1.165, 1.54) is 0 Å². The van der Waals surface area contributed by atoms with Crippen LogP contribution in [0.25, 0.3) is 0 Å². The van der Waals surface area contributed by atoms with Crippen LogP contribution in [0, 0.1) is 5.92 Å². The predicted molar refractivity (Wildman–Crippen MR) is 56.9 cm³/mol. The lowest BCUT2D eigenvalue weighted by atomic mass is 10.1. The number of nitrogens with one attached hydrogen (secondary N) is 1. The van der Waals surface area contributed by atoms with Gasteiger partial charge in [-0.15, -0.1) is 0 Å². The van der Waals surface area contributed by atoms with Gasteiger partial charge in [-0.25, -0.2) is 0 Å². The van der Waals surface area contributed by atoms with E-state index in [0.29, 0.717) is 12.0 Å². The largest absolute Gasteiger partial charge is 0.381 e. The van der Waals surface area contributed by atoms with Gasteiger partial charge in [0.25, 0.3) is 0 Å². The van der Waals surface area contributed by atoms with Gasteiger partial charge < -0.3 is 19.5 Å². The van der Waals surface area contributed by atoms with Crippen molar-refractivity contribution in [2.24, 2.45) is 5.92 Å². The summed E-state index contributed by atoms with van der Waals surface area (Å²) in [6.07, 6.45) is 2.39. The standard InChI is InChI=1S/C11H21NO3/c1-12-10-3-5-14-8-11(10)15-7-9-2-4-13-6-9/h9-12H,2-8H2,1H3. The van der Waals surface area contributed by atoms with Crippen molar-refractivity contribution >= 4 is 0 Å². The zero-order chi connectivity index (χ0) is 10.5. The molecule has 0 radical (unpaired) electrons. The highest BCUT2D eigenvalue weighted by molar-refractivity contribution is 4.79. The van der Waals surface area contributed by atoms with Gasteiger partial charge in [0.1, 0.15) is 0 Å². The summed E-state index contributed by atoms with van der Waals surface area (Å²) in [6.45, 7) is 4.13. The summed E-state index contributed by atoms with van der Waals surface area (Å²) in [5.74, 6) is 0.587. The van der Waals surface area contributed by atoms with Crippen LogP contribution in [0.1, 0.15) is 12.8 Å². The van der Waals surface area contributed by atoms with Gasteiger partial charge in [0.15, 0.2) is 0 Å². The minimum atomic E-state index is 0.212. The lowest BCUT2D eigenvalue weighted by molar-refractivity contribution is -0.0765. The molecule has 2 rings (SSSR count). The molecule has 0 saturated carbocycles. The smallest absolute Gasteiger partial charge is 0.0961 e. The van der Waals surface area contributed by atoms with E-state index < -0.39 is 0 Å². The third-order valence-corrected chi connectivity index (χ3v) is 3.24. The zero-order valence-electron chi connectivity index (χ0n) is 9.41. The Morgan fingerprint density at radius 1 is 1.20 bits per heavy atom. The molecule has 4 nitrogen and oxygen atoms in total. The molecule has 88 valence electrons. The molecule has 0 aromatic carbocycles. The molecule has 2 aliphatic heterocycles. The summed E-state index contributed by atoms with van der Waals surface area (Å²) in [7, 11) is 1.99.